The topological polar surface area (TPSA) is 80.5 Å². The summed E-state index contributed by atoms with van der Waals surface area (Å²) in [6, 6.07) is 4.83. The van der Waals surface area contributed by atoms with Crippen molar-refractivity contribution in [2.75, 3.05) is 20.2 Å². The minimum atomic E-state index is -0.391. The zero-order chi connectivity index (χ0) is 17.1. The van der Waals surface area contributed by atoms with E-state index in [1.165, 1.54) is 7.11 Å². The van der Waals surface area contributed by atoms with Crippen molar-refractivity contribution in [2.45, 2.75) is 25.3 Å². The summed E-state index contributed by atoms with van der Waals surface area (Å²) in [5, 5.41) is 18.2. The van der Waals surface area contributed by atoms with Crippen LogP contribution in [0.4, 0.5) is 0 Å². The lowest BCUT2D eigenvalue weighted by Crippen LogP contribution is -2.33. The van der Waals surface area contributed by atoms with E-state index >= 15 is 0 Å². The molecular weight excluding hydrogens is 308 g/mol. The molecule has 7 heteroatoms. The van der Waals surface area contributed by atoms with Crippen LogP contribution in [0.15, 0.2) is 24.5 Å². The molecule has 7 nitrogen and oxygen atoms in total. The Morgan fingerprint density at radius 1 is 1.38 bits per heavy atom. The fourth-order valence-corrected chi connectivity index (χ4v) is 3.21. The zero-order valence-electron chi connectivity index (χ0n) is 14.0. The van der Waals surface area contributed by atoms with Gasteiger partial charge in [-0.05, 0) is 44.1 Å². The molecule has 1 aromatic carbocycles. The van der Waals surface area contributed by atoms with Crippen molar-refractivity contribution in [1.29, 1.82) is 0 Å². The number of piperidine rings is 1. The van der Waals surface area contributed by atoms with Crippen molar-refractivity contribution in [3.05, 3.63) is 41.5 Å². The van der Waals surface area contributed by atoms with Crippen LogP contribution >= 0.6 is 0 Å². The average Bonchev–Trinajstić information content (AvgIpc) is 3.03. The molecule has 3 rings (SSSR count). The van der Waals surface area contributed by atoms with Gasteiger partial charge in [0.15, 0.2) is 0 Å². The van der Waals surface area contributed by atoms with Crippen molar-refractivity contribution in [1.82, 2.24) is 19.7 Å². The number of methoxy groups -OCH3 is 1. The summed E-state index contributed by atoms with van der Waals surface area (Å²) in [5.41, 5.74) is 1.20. The highest BCUT2D eigenvalue weighted by Crippen LogP contribution is 2.28. The molecule has 0 radical (unpaired) electrons. The standard InChI is InChI=1S/C17H22N4O3/c1-20-11-18-19-16(20)12-5-7-21(8-6-12)10-14-9-13(17(23)24-2)3-4-15(14)22/h3-4,9,11-12,22H,5-8,10H2,1-2H3. The third kappa shape index (κ3) is 3.41. The number of esters is 1. The van der Waals surface area contributed by atoms with Crippen LogP contribution in [0.5, 0.6) is 5.75 Å². The van der Waals surface area contributed by atoms with E-state index in [2.05, 4.69) is 15.1 Å². The molecule has 1 aliphatic rings. The Morgan fingerprint density at radius 2 is 2.12 bits per heavy atom. The van der Waals surface area contributed by atoms with Gasteiger partial charge in [0.2, 0.25) is 0 Å². The van der Waals surface area contributed by atoms with Crippen LogP contribution in [0, 0.1) is 0 Å². The van der Waals surface area contributed by atoms with E-state index in [0.717, 1.165) is 37.3 Å². The Morgan fingerprint density at radius 3 is 2.75 bits per heavy atom. The van der Waals surface area contributed by atoms with E-state index in [4.69, 9.17) is 4.74 Å². The summed E-state index contributed by atoms with van der Waals surface area (Å²) in [7, 11) is 3.32. The average molecular weight is 330 g/mol. The van der Waals surface area contributed by atoms with Crippen molar-refractivity contribution in [3.63, 3.8) is 0 Å². The van der Waals surface area contributed by atoms with E-state index in [1.54, 1.807) is 24.5 Å². The van der Waals surface area contributed by atoms with E-state index in [-0.39, 0.29) is 5.75 Å². The number of carbonyl (C=O) groups is 1. The van der Waals surface area contributed by atoms with Gasteiger partial charge >= 0.3 is 5.97 Å². The number of rotatable bonds is 4. The molecule has 0 saturated carbocycles. The van der Waals surface area contributed by atoms with Gasteiger partial charge in [-0.2, -0.15) is 0 Å². The van der Waals surface area contributed by atoms with Crippen LogP contribution < -0.4 is 0 Å². The van der Waals surface area contributed by atoms with Crippen LogP contribution in [0.25, 0.3) is 0 Å². The monoisotopic (exact) mass is 330 g/mol. The van der Waals surface area contributed by atoms with Crippen LogP contribution in [-0.2, 0) is 18.3 Å². The van der Waals surface area contributed by atoms with Gasteiger partial charge in [0.25, 0.3) is 0 Å². The summed E-state index contributed by atoms with van der Waals surface area (Å²) in [4.78, 5) is 13.9. The maximum Gasteiger partial charge on any atom is 0.337 e. The van der Waals surface area contributed by atoms with Gasteiger partial charge in [-0.1, -0.05) is 0 Å². The Bertz CT molecular complexity index is 720. The number of aromatic nitrogens is 3. The SMILES string of the molecule is COC(=O)c1ccc(O)c(CN2CCC(c3nncn3C)CC2)c1. The highest BCUT2D eigenvalue weighted by atomic mass is 16.5. The molecule has 0 unspecified atom stereocenters. The number of nitrogens with zero attached hydrogens (tertiary/aromatic N) is 4. The number of hydrogen-bond acceptors (Lipinski definition) is 6. The molecular formula is C17H22N4O3. The first-order valence-electron chi connectivity index (χ1n) is 8.05. The molecule has 24 heavy (non-hydrogen) atoms. The second-order valence-electron chi connectivity index (χ2n) is 6.19. The maximum absolute atomic E-state index is 11.6. The molecule has 0 bridgehead atoms. The third-order valence-electron chi connectivity index (χ3n) is 4.59. The van der Waals surface area contributed by atoms with Gasteiger partial charge in [0, 0.05) is 25.1 Å². The number of phenols is 1. The number of aromatic hydroxyl groups is 1. The largest absolute Gasteiger partial charge is 0.508 e. The van der Waals surface area contributed by atoms with Crippen molar-refractivity contribution < 1.29 is 14.6 Å². The minimum Gasteiger partial charge on any atom is -0.508 e. The first-order chi connectivity index (χ1) is 11.6. The zero-order valence-corrected chi connectivity index (χ0v) is 14.0. The van der Waals surface area contributed by atoms with Crippen LogP contribution in [0.3, 0.4) is 0 Å². The quantitative estimate of drug-likeness (QED) is 0.859. The predicted molar refractivity (Wildman–Crippen MR) is 87.7 cm³/mol. The minimum absolute atomic E-state index is 0.207. The van der Waals surface area contributed by atoms with Gasteiger partial charge in [0.05, 0.1) is 12.7 Å². The summed E-state index contributed by atoms with van der Waals surface area (Å²) in [6.45, 7) is 2.45. The van der Waals surface area contributed by atoms with Crippen LogP contribution in [0.2, 0.25) is 0 Å². The normalized spacial score (nSPS) is 16.2. The number of ether oxygens (including phenoxy) is 1. The van der Waals surface area contributed by atoms with Gasteiger partial charge in [0.1, 0.15) is 17.9 Å². The first-order valence-corrected chi connectivity index (χ1v) is 8.05. The molecule has 0 amide bonds. The molecule has 0 atom stereocenters. The molecule has 0 spiro atoms. The number of likely N-dealkylation sites (tertiary alicyclic amines) is 1. The molecule has 1 saturated heterocycles. The van der Waals surface area contributed by atoms with Crippen molar-refractivity contribution in [3.8, 4) is 5.75 Å². The lowest BCUT2D eigenvalue weighted by atomic mass is 9.95. The van der Waals surface area contributed by atoms with E-state index < -0.39 is 5.97 Å². The van der Waals surface area contributed by atoms with Crippen LogP contribution in [-0.4, -0.2) is 50.9 Å². The lowest BCUT2D eigenvalue weighted by molar-refractivity contribution is 0.0600. The fraction of sp³-hybridized carbons (Fsp3) is 0.471. The third-order valence-corrected chi connectivity index (χ3v) is 4.59. The van der Waals surface area contributed by atoms with Gasteiger partial charge in [-0.3, -0.25) is 4.90 Å². The van der Waals surface area contributed by atoms with Gasteiger partial charge in [-0.25, -0.2) is 4.79 Å². The smallest absolute Gasteiger partial charge is 0.337 e. The molecule has 2 heterocycles. The molecule has 2 aromatic rings. The summed E-state index contributed by atoms with van der Waals surface area (Å²) < 4.78 is 6.72. The molecule has 128 valence electrons. The number of benzene rings is 1. The maximum atomic E-state index is 11.6. The van der Waals surface area contributed by atoms with Crippen LogP contribution in [0.1, 0.15) is 40.5 Å². The lowest BCUT2D eigenvalue weighted by Gasteiger charge is -2.31. The second kappa shape index (κ2) is 7.00. The molecule has 1 fully saturated rings. The highest BCUT2D eigenvalue weighted by molar-refractivity contribution is 5.89. The molecule has 0 aliphatic carbocycles. The van der Waals surface area contributed by atoms with Crippen molar-refractivity contribution >= 4 is 5.97 Å². The van der Waals surface area contributed by atoms with E-state index in [0.29, 0.717) is 18.0 Å². The van der Waals surface area contributed by atoms with Crippen molar-refractivity contribution in [2.24, 2.45) is 7.05 Å². The molecule has 1 aliphatic heterocycles. The number of hydrogen-bond donors (Lipinski definition) is 1. The molecule has 1 N–H and O–H groups in total. The summed E-state index contributed by atoms with van der Waals surface area (Å²) in [6.07, 6.45) is 3.74. The molecule has 1 aromatic heterocycles. The van der Waals surface area contributed by atoms with Gasteiger partial charge < -0.3 is 14.4 Å². The van der Waals surface area contributed by atoms with Gasteiger partial charge in [-0.15, -0.1) is 10.2 Å². The Hall–Kier alpha value is -2.41. The second-order valence-corrected chi connectivity index (χ2v) is 6.19. The summed E-state index contributed by atoms with van der Waals surface area (Å²) >= 11 is 0. The predicted octanol–water partition coefficient (Wildman–Crippen LogP) is 1.69. The number of aryl methyl sites for hydroxylation is 1. The fourth-order valence-electron chi connectivity index (χ4n) is 3.21. The first kappa shape index (κ1) is 16.4. The Balaban J connectivity index is 1.64. The van der Waals surface area contributed by atoms with E-state index in [1.807, 2.05) is 11.6 Å². The highest BCUT2D eigenvalue weighted by Gasteiger charge is 2.24. The number of carbonyl (C=O) groups excluding carboxylic acids is 1. The Kier molecular flexibility index (Phi) is 4.80. The Labute approximate surface area is 140 Å². The number of phenolic OH excluding ortho intramolecular Hbond substituents is 1. The summed E-state index contributed by atoms with van der Waals surface area (Å²) in [5.74, 6) is 1.27. The van der Waals surface area contributed by atoms with E-state index in [9.17, 15) is 9.90 Å².